The summed E-state index contributed by atoms with van der Waals surface area (Å²) < 4.78 is 17.6. The molecule has 1 aromatic carbocycles. The minimum absolute atomic E-state index is 0.0135. The highest BCUT2D eigenvalue weighted by Crippen LogP contribution is 2.23. The molecule has 1 unspecified atom stereocenters. The zero-order valence-electron chi connectivity index (χ0n) is 10.6. The SMILES string of the molecule is COCCCNC(=O)C(C)Sc1ccc(F)cc1. The molecule has 0 bridgehead atoms. The third kappa shape index (κ3) is 5.51. The number of methoxy groups -OCH3 is 1. The number of ether oxygens (including phenoxy) is 1. The first kappa shape index (κ1) is 15.0. The molecule has 0 saturated carbocycles. The molecule has 3 nitrogen and oxygen atoms in total. The number of rotatable bonds is 7. The summed E-state index contributed by atoms with van der Waals surface area (Å²) >= 11 is 1.41. The van der Waals surface area contributed by atoms with Gasteiger partial charge >= 0.3 is 0 Å². The number of amides is 1. The summed E-state index contributed by atoms with van der Waals surface area (Å²) in [6.45, 7) is 3.08. The quantitative estimate of drug-likeness (QED) is 0.611. The zero-order valence-corrected chi connectivity index (χ0v) is 11.4. The molecule has 1 amide bonds. The van der Waals surface area contributed by atoms with Crippen molar-refractivity contribution in [2.24, 2.45) is 0 Å². The van der Waals surface area contributed by atoms with Crippen LogP contribution in [-0.2, 0) is 9.53 Å². The second-order valence-electron chi connectivity index (χ2n) is 3.85. The molecule has 1 rings (SSSR count). The molecule has 1 atom stereocenters. The second kappa shape index (κ2) is 8.11. The fourth-order valence-corrected chi connectivity index (χ4v) is 2.23. The van der Waals surface area contributed by atoms with Crippen LogP contribution in [-0.4, -0.2) is 31.4 Å². The van der Waals surface area contributed by atoms with E-state index < -0.39 is 0 Å². The highest BCUT2D eigenvalue weighted by molar-refractivity contribution is 8.00. The molecule has 5 heteroatoms. The highest BCUT2D eigenvalue weighted by atomic mass is 32.2. The zero-order chi connectivity index (χ0) is 13.4. The second-order valence-corrected chi connectivity index (χ2v) is 5.27. The molecule has 0 aliphatic heterocycles. The number of carbonyl (C=O) groups is 1. The van der Waals surface area contributed by atoms with Crippen LogP contribution in [0.3, 0.4) is 0 Å². The Morgan fingerprint density at radius 2 is 2.11 bits per heavy atom. The van der Waals surface area contributed by atoms with Crippen molar-refractivity contribution in [1.29, 1.82) is 0 Å². The predicted molar refractivity (Wildman–Crippen MR) is 71.2 cm³/mol. The van der Waals surface area contributed by atoms with Crippen LogP contribution in [0.25, 0.3) is 0 Å². The lowest BCUT2D eigenvalue weighted by Gasteiger charge is -2.11. The first-order chi connectivity index (χ1) is 8.63. The minimum atomic E-state index is -0.268. The van der Waals surface area contributed by atoms with Gasteiger partial charge in [0.15, 0.2) is 0 Å². The number of hydrogen-bond acceptors (Lipinski definition) is 3. The summed E-state index contributed by atoms with van der Waals surface area (Å²) in [5.41, 5.74) is 0. The van der Waals surface area contributed by atoms with Gasteiger partial charge in [-0.3, -0.25) is 4.79 Å². The average molecular weight is 271 g/mol. The van der Waals surface area contributed by atoms with Crippen molar-refractivity contribution in [3.05, 3.63) is 30.1 Å². The fraction of sp³-hybridized carbons (Fsp3) is 0.462. The molecular weight excluding hydrogens is 253 g/mol. The molecule has 0 saturated heterocycles. The molecule has 1 aromatic rings. The van der Waals surface area contributed by atoms with Crippen LogP contribution in [0.1, 0.15) is 13.3 Å². The summed E-state index contributed by atoms with van der Waals surface area (Å²) in [5, 5.41) is 2.64. The normalized spacial score (nSPS) is 12.2. The summed E-state index contributed by atoms with van der Waals surface area (Å²) in [6, 6.07) is 6.14. The van der Waals surface area contributed by atoms with E-state index in [4.69, 9.17) is 4.74 Å². The first-order valence-corrected chi connectivity index (χ1v) is 6.70. The van der Waals surface area contributed by atoms with E-state index in [0.29, 0.717) is 13.2 Å². The Kier molecular flexibility index (Phi) is 6.75. The molecule has 0 fully saturated rings. The third-order valence-corrected chi connectivity index (χ3v) is 3.43. The lowest BCUT2D eigenvalue weighted by Crippen LogP contribution is -2.32. The maximum absolute atomic E-state index is 12.7. The molecule has 1 N–H and O–H groups in total. The van der Waals surface area contributed by atoms with Gasteiger partial charge in [-0.1, -0.05) is 0 Å². The van der Waals surface area contributed by atoms with Crippen LogP contribution in [0.5, 0.6) is 0 Å². The van der Waals surface area contributed by atoms with E-state index in [1.54, 1.807) is 19.2 Å². The average Bonchev–Trinajstić information content (AvgIpc) is 2.37. The monoisotopic (exact) mass is 271 g/mol. The van der Waals surface area contributed by atoms with Crippen molar-refractivity contribution < 1.29 is 13.9 Å². The number of halogens is 1. The van der Waals surface area contributed by atoms with Crippen LogP contribution in [0.2, 0.25) is 0 Å². The van der Waals surface area contributed by atoms with Gasteiger partial charge in [0.2, 0.25) is 5.91 Å². The van der Waals surface area contributed by atoms with Crippen molar-refractivity contribution in [1.82, 2.24) is 5.32 Å². The van der Waals surface area contributed by atoms with E-state index in [0.717, 1.165) is 11.3 Å². The first-order valence-electron chi connectivity index (χ1n) is 5.82. The Labute approximate surface area is 111 Å². The van der Waals surface area contributed by atoms with Gasteiger partial charge in [0.25, 0.3) is 0 Å². The number of benzene rings is 1. The van der Waals surface area contributed by atoms with Gasteiger partial charge in [-0.15, -0.1) is 11.8 Å². The Morgan fingerprint density at radius 3 is 2.72 bits per heavy atom. The van der Waals surface area contributed by atoms with Gasteiger partial charge in [0.05, 0.1) is 5.25 Å². The van der Waals surface area contributed by atoms with Gasteiger partial charge in [-0.25, -0.2) is 4.39 Å². The largest absolute Gasteiger partial charge is 0.385 e. The molecule has 0 aliphatic carbocycles. The lowest BCUT2D eigenvalue weighted by molar-refractivity contribution is -0.120. The maximum Gasteiger partial charge on any atom is 0.233 e. The number of carbonyl (C=O) groups excluding carboxylic acids is 1. The summed E-state index contributed by atoms with van der Waals surface area (Å²) in [7, 11) is 1.63. The minimum Gasteiger partial charge on any atom is -0.385 e. The van der Waals surface area contributed by atoms with Gasteiger partial charge in [-0.05, 0) is 37.6 Å². The number of thioether (sulfide) groups is 1. The summed E-state index contributed by atoms with van der Waals surface area (Å²) in [6.07, 6.45) is 0.802. The Balaban J connectivity index is 2.33. The number of nitrogens with one attached hydrogen (secondary N) is 1. The summed E-state index contributed by atoms with van der Waals surface area (Å²) in [4.78, 5) is 12.6. The van der Waals surface area contributed by atoms with Gasteiger partial charge in [0, 0.05) is 25.2 Å². The van der Waals surface area contributed by atoms with E-state index in [1.165, 1.54) is 23.9 Å². The van der Waals surface area contributed by atoms with Gasteiger partial charge in [-0.2, -0.15) is 0 Å². The van der Waals surface area contributed by atoms with E-state index in [1.807, 2.05) is 6.92 Å². The molecular formula is C13H18FNO2S. The Hall–Kier alpha value is -1.07. The molecule has 18 heavy (non-hydrogen) atoms. The molecule has 0 aliphatic rings. The van der Waals surface area contributed by atoms with Crippen LogP contribution in [0.15, 0.2) is 29.2 Å². The van der Waals surface area contributed by atoms with Crippen molar-refractivity contribution in [2.75, 3.05) is 20.3 Å². The summed E-state index contributed by atoms with van der Waals surface area (Å²) in [5.74, 6) is -0.281. The van der Waals surface area contributed by atoms with E-state index >= 15 is 0 Å². The van der Waals surface area contributed by atoms with Crippen LogP contribution < -0.4 is 5.32 Å². The maximum atomic E-state index is 12.7. The molecule has 0 heterocycles. The van der Waals surface area contributed by atoms with E-state index in [2.05, 4.69) is 5.32 Å². The van der Waals surface area contributed by atoms with Crippen LogP contribution >= 0.6 is 11.8 Å². The van der Waals surface area contributed by atoms with Crippen molar-refractivity contribution >= 4 is 17.7 Å². The Morgan fingerprint density at radius 1 is 1.44 bits per heavy atom. The molecule has 0 radical (unpaired) electrons. The van der Waals surface area contributed by atoms with Crippen molar-refractivity contribution in [3.8, 4) is 0 Å². The van der Waals surface area contributed by atoms with Gasteiger partial charge < -0.3 is 10.1 Å². The van der Waals surface area contributed by atoms with E-state index in [-0.39, 0.29) is 17.0 Å². The molecule has 0 aromatic heterocycles. The third-order valence-electron chi connectivity index (χ3n) is 2.32. The molecule has 100 valence electrons. The standard InChI is InChI=1S/C13H18FNO2S/c1-10(13(16)15-8-3-9-17-2)18-12-6-4-11(14)5-7-12/h4-7,10H,3,8-9H2,1-2H3,(H,15,16). The van der Waals surface area contributed by atoms with Crippen molar-refractivity contribution in [3.63, 3.8) is 0 Å². The highest BCUT2D eigenvalue weighted by Gasteiger charge is 2.13. The van der Waals surface area contributed by atoms with Crippen LogP contribution in [0.4, 0.5) is 4.39 Å². The smallest absolute Gasteiger partial charge is 0.233 e. The number of hydrogen-bond donors (Lipinski definition) is 1. The topological polar surface area (TPSA) is 38.3 Å². The van der Waals surface area contributed by atoms with E-state index in [9.17, 15) is 9.18 Å². The lowest BCUT2D eigenvalue weighted by atomic mass is 10.3. The molecule has 0 spiro atoms. The van der Waals surface area contributed by atoms with Crippen LogP contribution in [0, 0.1) is 5.82 Å². The fourth-order valence-electron chi connectivity index (χ4n) is 1.34. The predicted octanol–water partition coefficient (Wildman–Crippen LogP) is 2.46. The Bertz CT molecular complexity index is 370. The van der Waals surface area contributed by atoms with Crippen molar-refractivity contribution in [2.45, 2.75) is 23.5 Å². The van der Waals surface area contributed by atoms with Gasteiger partial charge in [0.1, 0.15) is 5.82 Å².